The summed E-state index contributed by atoms with van der Waals surface area (Å²) in [6, 6.07) is 5.57. The molecule has 2 fully saturated rings. The molecule has 3 N–H and O–H groups in total. The first kappa shape index (κ1) is 19.6. The van der Waals surface area contributed by atoms with Crippen molar-refractivity contribution in [3.63, 3.8) is 0 Å². The van der Waals surface area contributed by atoms with Gasteiger partial charge in [-0.1, -0.05) is 0 Å². The second-order valence-electron chi connectivity index (χ2n) is 8.16. The molecule has 0 spiro atoms. The Kier molecular flexibility index (Phi) is 4.85. The zero-order valence-electron chi connectivity index (χ0n) is 17.4. The van der Waals surface area contributed by atoms with Crippen molar-refractivity contribution in [2.24, 2.45) is 0 Å². The zero-order chi connectivity index (χ0) is 21.5. The molecule has 1 amide bonds. The number of hydrogen-bond acceptors (Lipinski definition) is 6. The summed E-state index contributed by atoms with van der Waals surface area (Å²) in [5.41, 5.74) is 2.81. The highest BCUT2D eigenvalue weighted by molar-refractivity contribution is 5.92. The molecular weight excluding hydrogens is 398 g/mol. The number of fused-ring (bicyclic) bond motifs is 1. The van der Waals surface area contributed by atoms with Crippen LogP contribution in [-0.2, 0) is 6.54 Å². The van der Waals surface area contributed by atoms with E-state index in [2.05, 4.69) is 30.1 Å². The van der Waals surface area contributed by atoms with Gasteiger partial charge in [0.15, 0.2) is 0 Å². The maximum absolute atomic E-state index is 12.7. The molecule has 0 aromatic carbocycles. The summed E-state index contributed by atoms with van der Waals surface area (Å²) in [5.74, 6) is -0.195. The molecule has 10 nitrogen and oxygen atoms in total. The van der Waals surface area contributed by atoms with Gasteiger partial charge in [-0.2, -0.15) is 0 Å². The molecule has 31 heavy (non-hydrogen) atoms. The number of nitrogens with one attached hydrogen (secondary N) is 3. The quantitative estimate of drug-likeness (QED) is 0.548. The molecule has 3 aromatic rings. The molecule has 1 saturated carbocycles. The van der Waals surface area contributed by atoms with E-state index in [0.29, 0.717) is 23.3 Å². The van der Waals surface area contributed by atoms with Crippen LogP contribution < -0.4 is 21.5 Å². The van der Waals surface area contributed by atoms with Gasteiger partial charge in [0.1, 0.15) is 11.2 Å². The Hall–Kier alpha value is -3.40. The molecule has 3 aromatic heterocycles. The summed E-state index contributed by atoms with van der Waals surface area (Å²) in [5, 5.41) is 2.57. The second-order valence-corrected chi connectivity index (χ2v) is 8.16. The van der Waals surface area contributed by atoms with Crippen LogP contribution in [-0.4, -0.2) is 63.6 Å². The average Bonchev–Trinajstić information content (AvgIpc) is 3.53. The number of aromatic nitrogens is 4. The van der Waals surface area contributed by atoms with Gasteiger partial charge in [-0.15, -0.1) is 0 Å². The van der Waals surface area contributed by atoms with Crippen molar-refractivity contribution in [1.29, 1.82) is 0 Å². The van der Waals surface area contributed by atoms with Crippen molar-refractivity contribution in [3.8, 4) is 0 Å². The fourth-order valence-electron chi connectivity index (χ4n) is 4.16. The first-order valence-corrected chi connectivity index (χ1v) is 10.6. The standard InChI is InChI=1S/C21H25N7O3/c1-22-19(29)16-5-4-15(11-23-16)27-8-6-26(7-9-27)12-13-10-17-18(24-13)20(30)28(14-2-3-14)21(31)25-17/h4-5,10-11,14,24H,2-3,6-9,12H2,1H3,(H,22,29)(H,25,31). The largest absolute Gasteiger partial charge is 0.368 e. The lowest BCUT2D eigenvalue weighted by Crippen LogP contribution is -2.46. The van der Waals surface area contributed by atoms with E-state index in [1.54, 1.807) is 19.3 Å². The van der Waals surface area contributed by atoms with Crippen molar-refractivity contribution < 1.29 is 4.79 Å². The van der Waals surface area contributed by atoms with Gasteiger partial charge in [0.05, 0.1) is 17.4 Å². The van der Waals surface area contributed by atoms with Crippen molar-refractivity contribution >= 4 is 22.6 Å². The Labute approximate surface area is 177 Å². The van der Waals surface area contributed by atoms with Crippen molar-refractivity contribution in [1.82, 2.24) is 29.7 Å². The Balaban J connectivity index is 1.25. The van der Waals surface area contributed by atoms with Gasteiger partial charge in [-0.25, -0.2) is 9.78 Å². The van der Waals surface area contributed by atoms with Gasteiger partial charge in [-0.05, 0) is 31.0 Å². The van der Waals surface area contributed by atoms with Crippen LogP contribution in [0.25, 0.3) is 11.0 Å². The molecule has 0 unspecified atom stereocenters. The first-order chi connectivity index (χ1) is 15.0. The number of nitrogens with zero attached hydrogens (tertiary/aromatic N) is 4. The molecule has 162 valence electrons. The number of anilines is 1. The number of carbonyl (C=O) groups excluding carboxylic acids is 1. The van der Waals surface area contributed by atoms with E-state index >= 15 is 0 Å². The number of H-pyrrole nitrogens is 2. The minimum absolute atomic E-state index is 0.0420. The fraction of sp³-hybridized carbons (Fsp3) is 0.429. The minimum atomic E-state index is -0.324. The molecule has 5 rings (SSSR count). The van der Waals surface area contributed by atoms with Crippen LogP contribution >= 0.6 is 0 Å². The summed E-state index contributed by atoms with van der Waals surface area (Å²) in [7, 11) is 1.59. The average molecular weight is 423 g/mol. The minimum Gasteiger partial charge on any atom is -0.368 e. The highest BCUT2D eigenvalue weighted by Crippen LogP contribution is 2.32. The highest BCUT2D eigenvalue weighted by atomic mass is 16.2. The van der Waals surface area contributed by atoms with E-state index in [1.165, 1.54) is 4.57 Å². The number of amides is 1. The summed E-state index contributed by atoms with van der Waals surface area (Å²) >= 11 is 0. The lowest BCUT2D eigenvalue weighted by atomic mass is 10.2. The Bertz CT molecular complexity index is 1230. The molecule has 1 saturated heterocycles. The Morgan fingerprint density at radius 2 is 1.94 bits per heavy atom. The molecule has 1 aliphatic heterocycles. The predicted molar refractivity (Wildman–Crippen MR) is 117 cm³/mol. The number of hydrogen-bond donors (Lipinski definition) is 3. The number of pyridine rings is 1. The summed E-state index contributed by atoms with van der Waals surface area (Å²) in [6.07, 6.45) is 3.51. The van der Waals surface area contributed by atoms with E-state index in [-0.39, 0.29) is 23.2 Å². The summed E-state index contributed by atoms with van der Waals surface area (Å²) in [6.45, 7) is 4.07. The zero-order valence-corrected chi connectivity index (χ0v) is 17.4. The monoisotopic (exact) mass is 423 g/mol. The molecule has 0 atom stereocenters. The third kappa shape index (κ3) is 3.74. The van der Waals surface area contributed by atoms with Crippen LogP contribution in [0.15, 0.2) is 34.0 Å². The first-order valence-electron chi connectivity index (χ1n) is 10.6. The van der Waals surface area contributed by atoms with Crippen LogP contribution in [0.4, 0.5) is 5.69 Å². The van der Waals surface area contributed by atoms with Crippen molar-refractivity contribution in [2.75, 3.05) is 38.1 Å². The lowest BCUT2D eigenvalue weighted by molar-refractivity contribution is 0.0958. The van der Waals surface area contributed by atoms with Gasteiger partial charge in [0.2, 0.25) is 0 Å². The number of piperazine rings is 1. The third-order valence-corrected chi connectivity index (χ3v) is 6.02. The van der Waals surface area contributed by atoms with Gasteiger partial charge < -0.3 is 20.2 Å². The molecule has 0 radical (unpaired) electrons. The summed E-state index contributed by atoms with van der Waals surface area (Å²) in [4.78, 5) is 51.4. The molecule has 4 heterocycles. The number of carbonyl (C=O) groups is 1. The normalized spacial score (nSPS) is 17.3. The Morgan fingerprint density at radius 1 is 1.16 bits per heavy atom. The van der Waals surface area contributed by atoms with Crippen LogP contribution in [0.1, 0.15) is 35.1 Å². The highest BCUT2D eigenvalue weighted by Gasteiger charge is 2.28. The van der Waals surface area contributed by atoms with Crippen LogP contribution in [0.3, 0.4) is 0 Å². The topological polar surface area (TPSA) is 119 Å². The van der Waals surface area contributed by atoms with Crippen LogP contribution in [0.5, 0.6) is 0 Å². The van der Waals surface area contributed by atoms with Gasteiger partial charge >= 0.3 is 5.69 Å². The number of aromatic amines is 2. The lowest BCUT2D eigenvalue weighted by Gasteiger charge is -2.35. The number of rotatable bonds is 5. The third-order valence-electron chi connectivity index (χ3n) is 6.02. The molecule has 2 aliphatic rings. The van der Waals surface area contributed by atoms with E-state index < -0.39 is 0 Å². The fourth-order valence-corrected chi connectivity index (χ4v) is 4.16. The van der Waals surface area contributed by atoms with E-state index in [4.69, 9.17) is 0 Å². The Morgan fingerprint density at radius 3 is 2.58 bits per heavy atom. The maximum Gasteiger partial charge on any atom is 0.329 e. The van der Waals surface area contributed by atoms with Crippen molar-refractivity contribution in [3.05, 3.63) is 56.6 Å². The SMILES string of the molecule is CNC(=O)c1ccc(N2CCN(Cc3cc4[nH]c(=O)n(C5CC5)c(=O)c4[nH]3)CC2)cn1. The van der Waals surface area contributed by atoms with Gasteiger partial charge in [0.25, 0.3) is 11.5 Å². The molecular formula is C21H25N7O3. The van der Waals surface area contributed by atoms with E-state index in [1.807, 2.05) is 12.1 Å². The molecule has 1 aliphatic carbocycles. The summed E-state index contributed by atoms with van der Waals surface area (Å²) < 4.78 is 1.34. The van der Waals surface area contributed by atoms with E-state index in [0.717, 1.165) is 50.4 Å². The molecule has 0 bridgehead atoms. The second kappa shape index (κ2) is 7.69. The predicted octanol–water partition coefficient (Wildman–Crippen LogP) is 0.430. The maximum atomic E-state index is 12.7. The van der Waals surface area contributed by atoms with Gasteiger partial charge in [0, 0.05) is 51.5 Å². The smallest absolute Gasteiger partial charge is 0.329 e. The van der Waals surface area contributed by atoms with Crippen molar-refractivity contribution in [2.45, 2.75) is 25.4 Å². The van der Waals surface area contributed by atoms with Gasteiger partial charge in [-0.3, -0.25) is 19.1 Å². The van der Waals surface area contributed by atoms with Crippen LogP contribution in [0.2, 0.25) is 0 Å². The molecule has 10 heteroatoms. The van der Waals surface area contributed by atoms with Crippen LogP contribution in [0, 0.1) is 0 Å². The van der Waals surface area contributed by atoms with E-state index in [9.17, 15) is 14.4 Å².